The summed E-state index contributed by atoms with van der Waals surface area (Å²) in [7, 11) is 1.30. The number of carbonyl (C=O) groups is 3. The Labute approximate surface area is 388 Å². The molecule has 3 aliphatic heterocycles. The number of hydrogen-bond donors (Lipinski definition) is 5. The third-order valence-corrected chi connectivity index (χ3v) is 15.1. The summed E-state index contributed by atoms with van der Waals surface area (Å²) in [6.45, 7) is 26.3. The molecule has 6 N–H and O–H groups in total. The minimum atomic E-state index is -1.49. The van der Waals surface area contributed by atoms with Crippen LogP contribution in [0.1, 0.15) is 160 Å². The molecule has 354 valence electrons. The smallest absolute Gasteiger partial charge is 0.321 e. The number of allylic oxidation sites excluding steroid dienone is 3. The standard InChI is InChI=1S/C55H79N5O5/c1-13-39-35(8)42-28-44-37(10)41(24-25-48(61)65-27-26-34(7)23-17-22-33(6)21-16-20-32(5)19-15-18-31(3)4)52(59-44)51-49(54(63)64-12)53(62)50-38(11)45(60-55(50,51)56)30-47-40(14-2)36(9)43(58-47)29-46(39)57-42/h13,26,28-33,37,41,44,49,57-60H,1,14-25,27,56H2,2-12H3/b34-26+,42-28-,45-30-,46-29-,52-51-/t32-,33-,37+,41+,44?,49-,55+/m1/s1. The monoisotopic (exact) mass is 890 g/mol. The largest absolute Gasteiger partial charge is 0.468 e. The molecule has 7 atom stereocenters. The van der Waals surface area contributed by atoms with Crippen LogP contribution in [0.5, 0.6) is 0 Å². The summed E-state index contributed by atoms with van der Waals surface area (Å²) in [5, 5.41) is 9.18. The number of carbonyl (C=O) groups excluding carboxylic acids is 3. The summed E-state index contributed by atoms with van der Waals surface area (Å²) in [6, 6.07) is -0.237. The Bertz CT molecular complexity index is 2390. The van der Waals surface area contributed by atoms with Crippen LogP contribution in [0.25, 0.3) is 24.3 Å². The molecule has 1 aliphatic carbocycles. The first-order valence-corrected chi connectivity index (χ1v) is 24.6. The Balaban J connectivity index is 1.22. The molecule has 2 aromatic rings. The summed E-state index contributed by atoms with van der Waals surface area (Å²) < 4.78 is 11.1. The van der Waals surface area contributed by atoms with E-state index in [0.29, 0.717) is 40.5 Å². The molecule has 4 aliphatic rings. The van der Waals surface area contributed by atoms with Gasteiger partial charge in [-0.2, -0.15) is 0 Å². The molecule has 10 heteroatoms. The molecule has 65 heavy (non-hydrogen) atoms. The van der Waals surface area contributed by atoms with Crippen LogP contribution in [0.4, 0.5) is 0 Å². The van der Waals surface area contributed by atoms with Gasteiger partial charge < -0.3 is 35.8 Å². The predicted octanol–water partition coefficient (Wildman–Crippen LogP) is 9.26. The number of rotatable bonds is 20. The lowest BCUT2D eigenvalue weighted by atomic mass is 9.82. The molecule has 0 amide bonds. The van der Waals surface area contributed by atoms with E-state index in [9.17, 15) is 14.4 Å². The molecule has 0 aromatic carbocycles. The van der Waals surface area contributed by atoms with Gasteiger partial charge in [0, 0.05) is 68.6 Å². The highest BCUT2D eigenvalue weighted by Crippen LogP contribution is 2.51. The van der Waals surface area contributed by atoms with Crippen molar-refractivity contribution in [3.05, 3.63) is 90.7 Å². The summed E-state index contributed by atoms with van der Waals surface area (Å²) in [4.78, 5) is 49.1. The topological polar surface area (TPSA) is 151 Å². The van der Waals surface area contributed by atoms with Crippen LogP contribution in [0.3, 0.4) is 0 Å². The number of Topliss-reactive ketones (excluding diaryl/α,β-unsaturated/α-hetero) is 1. The maximum absolute atomic E-state index is 14.6. The fourth-order valence-corrected chi connectivity index (χ4v) is 11.0. The zero-order valence-electron chi connectivity index (χ0n) is 41.4. The Morgan fingerprint density at radius 3 is 2.25 bits per heavy atom. The first-order valence-electron chi connectivity index (χ1n) is 24.6. The van der Waals surface area contributed by atoms with Crippen molar-refractivity contribution in [1.82, 2.24) is 20.6 Å². The van der Waals surface area contributed by atoms with Gasteiger partial charge in [0.25, 0.3) is 0 Å². The Hall–Kier alpha value is -4.83. The predicted molar refractivity (Wildman–Crippen MR) is 264 cm³/mol. The van der Waals surface area contributed by atoms with E-state index in [0.717, 1.165) is 75.4 Å². The van der Waals surface area contributed by atoms with E-state index >= 15 is 0 Å². The maximum Gasteiger partial charge on any atom is 0.321 e. The van der Waals surface area contributed by atoms with Crippen molar-refractivity contribution in [3.8, 4) is 0 Å². The summed E-state index contributed by atoms with van der Waals surface area (Å²) >= 11 is 0. The summed E-state index contributed by atoms with van der Waals surface area (Å²) in [5.74, 6) is -0.581. The molecule has 8 bridgehead atoms. The molecular formula is C55H79N5O5. The molecule has 1 unspecified atom stereocenters. The van der Waals surface area contributed by atoms with Crippen molar-refractivity contribution in [2.24, 2.45) is 41.2 Å². The van der Waals surface area contributed by atoms with E-state index in [2.05, 4.69) is 102 Å². The van der Waals surface area contributed by atoms with Gasteiger partial charge in [0.05, 0.1) is 7.11 Å². The number of ether oxygens (including phenoxy) is 2. The fraction of sp³-hybridized carbons (Fsp3) is 0.582. The average Bonchev–Trinajstić information content (AvgIpc) is 3.96. The zero-order chi connectivity index (χ0) is 47.3. The number of hydrogen-bond acceptors (Lipinski definition) is 8. The van der Waals surface area contributed by atoms with Gasteiger partial charge >= 0.3 is 11.9 Å². The van der Waals surface area contributed by atoms with Gasteiger partial charge in [-0.25, -0.2) is 0 Å². The van der Waals surface area contributed by atoms with Gasteiger partial charge in [-0.15, -0.1) is 0 Å². The van der Waals surface area contributed by atoms with Gasteiger partial charge in [-0.3, -0.25) is 14.4 Å². The van der Waals surface area contributed by atoms with Crippen LogP contribution in [0, 0.1) is 49.4 Å². The molecule has 6 rings (SSSR count). The second kappa shape index (κ2) is 21.2. The van der Waals surface area contributed by atoms with E-state index in [-0.39, 0.29) is 42.7 Å². The van der Waals surface area contributed by atoms with Crippen molar-refractivity contribution < 1.29 is 23.9 Å². The van der Waals surface area contributed by atoms with Crippen molar-refractivity contribution in [1.29, 1.82) is 0 Å². The highest BCUT2D eigenvalue weighted by atomic mass is 16.5. The van der Waals surface area contributed by atoms with Crippen molar-refractivity contribution >= 4 is 42.0 Å². The number of aromatic amines is 2. The number of nitrogens with two attached hydrogens (primary N) is 1. The normalized spacial score (nSPS) is 26.4. The van der Waals surface area contributed by atoms with Gasteiger partial charge in [0.2, 0.25) is 0 Å². The molecule has 5 heterocycles. The number of nitrogens with one attached hydrogen (secondary N) is 4. The van der Waals surface area contributed by atoms with E-state index in [4.69, 9.17) is 15.2 Å². The maximum atomic E-state index is 14.6. The Kier molecular flexibility index (Phi) is 16.2. The van der Waals surface area contributed by atoms with Crippen LogP contribution >= 0.6 is 0 Å². The lowest BCUT2D eigenvalue weighted by Gasteiger charge is -2.29. The molecule has 1 saturated carbocycles. The van der Waals surface area contributed by atoms with Crippen molar-refractivity contribution in [2.75, 3.05) is 13.7 Å². The van der Waals surface area contributed by atoms with Gasteiger partial charge in [0.15, 0.2) is 5.78 Å². The van der Waals surface area contributed by atoms with Crippen LogP contribution in [-0.2, 0) is 30.3 Å². The van der Waals surface area contributed by atoms with Gasteiger partial charge in [-0.1, -0.05) is 105 Å². The van der Waals surface area contributed by atoms with Crippen LogP contribution in [0.15, 0.2) is 46.3 Å². The summed E-state index contributed by atoms with van der Waals surface area (Å²) in [6.07, 6.45) is 22.9. The highest BCUT2D eigenvalue weighted by Gasteiger charge is 2.61. The number of H-pyrrole nitrogens is 2. The lowest BCUT2D eigenvalue weighted by molar-refractivity contribution is -0.146. The molecule has 0 spiro atoms. The quantitative estimate of drug-likeness (QED) is 0.0502. The van der Waals surface area contributed by atoms with E-state index in [1.807, 2.05) is 25.2 Å². The Morgan fingerprint density at radius 2 is 1.60 bits per heavy atom. The molecule has 2 aromatic heterocycles. The molecule has 1 saturated heterocycles. The molecule has 10 nitrogen and oxygen atoms in total. The number of ketones is 1. The van der Waals surface area contributed by atoms with E-state index < -0.39 is 17.6 Å². The lowest BCUT2D eigenvalue weighted by Crippen LogP contribution is -2.52. The fourth-order valence-electron chi connectivity index (χ4n) is 11.0. The number of fused-ring (bicyclic) bond motifs is 7. The third kappa shape index (κ3) is 10.6. The molecular weight excluding hydrogens is 811 g/mol. The van der Waals surface area contributed by atoms with E-state index in [1.54, 1.807) is 0 Å². The minimum Gasteiger partial charge on any atom is -0.468 e. The second-order valence-corrected chi connectivity index (χ2v) is 20.3. The number of aromatic nitrogens is 2. The third-order valence-electron chi connectivity index (χ3n) is 15.1. The van der Waals surface area contributed by atoms with Crippen LogP contribution in [0.2, 0.25) is 0 Å². The van der Waals surface area contributed by atoms with E-state index in [1.165, 1.54) is 57.6 Å². The second-order valence-electron chi connectivity index (χ2n) is 20.3. The zero-order valence-corrected chi connectivity index (χ0v) is 41.4. The molecule has 2 fully saturated rings. The van der Waals surface area contributed by atoms with Crippen molar-refractivity contribution in [2.45, 2.75) is 158 Å². The summed E-state index contributed by atoms with van der Waals surface area (Å²) in [5.41, 5.74) is 16.3. The first-order chi connectivity index (χ1) is 30.9. The van der Waals surface area contributed by atoms with Crippen LogP contribution < -0.4 is 27.1 Å². The number of methoxy groups -OCH3 is 1. The average molecular weight is 890 g/mol. The highest BCUT2D eigenvalue weighted by molar-refractivity contribution is 6.18. The van der Waals surface area contributed by atoms with Crippen LogP contribution in [-0.4, -0.2) is 53.1 Å². The number of esters is 2. The van der Waals surface area contributed by atoms with Gasteiger partial charge in [0.1, 0.15) is 18.2 Å². The SMILES string of the molecule is C=Cc1c(C)/c2[nH]/c1=C\c1[nH]c(c(CC)c1C)/C=C1\N[C@@]3(N)C(=C1C)C(=O)[C@H](C(=O)OC)/C3=C1/NC(\C=2)[C@@H](C)[C@@H]1CCC(=O)OC/C=C(\C)CCC[C@H](C)CCC[C@H](C)CCCC(C)C. The minimum absolute atomic E-state index is 0.0617. The first kappa shape index (κ1) is 49.6. The van der Waals surface area contributed by atoms with Crippen molar-refractivity contribution in [3.63, 3.8) is 0 Å². The Morgan fingerprint density at radius 1 is 0.923 bits per heavy atom. The molecule has 0 radical (unpaired) electrons. The van der Waals surface area contributed by atoms with Gasteiger partial charge in [-0.05, 0) is 124 Å².